The van der Waals surface area contributed by atoms with Crippen LogP contribution in [0.2, 0.25) is 0 Å². The molecule has 0 aromatic carbocycles. The fourth-order valence-corrected chi connectivity index (χ4v) is 3.00. The molecular weight excluding hydrogens is 136 g/mol. The zero-order valence-electron chi connectivity index (χ0n) is 7.34. The maximum absolute atomic E-state index is 10.3. The molecule has 2 aliphatic rings. The second-order valence-corrected chi connectivity index (χ2v) is 4.41. The highest BCUT2D eigenvalue weighted by Gasteiger charge is 2.47. The number of fused-ring (bicyclic) bond motifs is 1. The molecule has 3 unspecified atom stereocenters. The minimum atomic E-state index is -0.252. The maximum Gasteiger partial charge on any atom is 0.0701 e. The molecule has 0 radical (unpaired) electrons. The summed E-state index contributed by atoms with van der Waals surface area (Å²) in [7, 11) is 0. The van der Waals surface area contributed by atoms with Crippen LogP contribution in [-0.2, 0) is 0 Å². The van der Waals surface area contributed by atoms with Gasteiger partial charge in [0.2, 0.25) is 0 Å². The minimum absolute atomic E-state index is 0.252. The Morgan fingerprint density at radius 3 is 2.73 bits per heavy atom. The molecule has 3 atom stereocenters. The summed E-state index contributed by atoms with van der Waals surface area (Å²) >= 11 is 0. The summed E-state index contributed by atoms with van der Waals surface area (Å²) < 4.78 is 0. The Labute approximate surface area is 68.8 Å². The first-order valence-electron chi connectivity index (χ1n) is 4.96. The lowest BCUT2D eigenvalue weighted by Crippen LogP contribution is -2.40. The van der Waals surface area contributed by atoms with E-state index in [0.29, 0.717) is 11.8 Å². The molecule has 0 amide bonds. The maximum atomic E-state index is 10.3. The Morgan fingerprint density at radius 1 is 1.18 bits per heavy atom. The quantitative estimate of drug-likeness (QED) is 0.568. The van der Waals surface area contributed by atoms with Crippen molar-refractivity contribution in [3.8, 4) is 0 Å². The van der Waals surface area contributed by atoms with Crippen LogP contribution in [0.5, 0.6) is 0 Å². The third kappa shape index (κ3) is 1.01. The van der Waals surface area contributed by atoms with Crippen LogP contribution in [0.15, 0.2) is 0 Å². The van der Waals surface area contributed by atoms with E-state index in [-0.39, 0.29) is 5.60 Å². The molecule has 11 heavy (non-hydrogen) atoms. The van der Waals surface area contributed by atoms with Crippen LogP contribution in [0.3, 0.4) is 0 Å². The summed E-state index contributed by atoms with van der Waals surface area (Å²) in [6.45, 7) is 2.21. The van der Waals surface area contributed by atoms with Crippen molar-refractivity contribution in [3.63, 3.8) is 0 Å². The summed E-state index contributed by atoms with van der Waals surface area (Å²) in [6, 6.07) is 0. The Hall–Kier alpha value is -0.0400. The summed E-state index contributed by atoms with van der Waals surface area (Å²) in [6.07, 6.45) is 7.47. The predicted octanol–water partition coefficient (Wildman–Crippen LogP) is 2.34. The molecule has 0 bridgehead atoms. The van der Waals surface area contributed by atoms with Gasteiger partial charge in [-0.2, -0.15) is 0 Å². The zero-order valence-corrected chi connectivity index (χ0v) is 7.34. The fourth-order valence-electron chi connectivity index (χ4n) is 3.00. The number of rotatable bonds is 0. The highest BCUT2D eigenvalue weighted by Crippen LogP contribution is 2.48. The summed E-state index contributed by atoms with van der Waals surface area (Å²) in [4.78, 5) is 0. The lowest BCUT2D eigenvalue weighted by molar-refractivity contribution is -0.0571. The molecule has 0 heterocycles. The van der Waals surface area contributed by atoms with Crippen molar-refractivity contribution in [2.45, 2.75) is 51.0 Å². The van der Waals surface area contributed by atoms with Crippen LogP contribution in [-0.4, -0.2) is 10.7 Å². The first kappa shape index (κ1) is 7.60. The zero-order chi connectivity index (χ0) is 7.90. The molecule has 2 fully saturated rings. The van der Waals surface area contributed by atoms with Gasteiger partial charge in [-0.05, 0) is 37.5 Å². The molecule has 2 rings (SSSR count). The van der Waals surface area contributed by atoms with Crippen molar-refractivity contribution >= 4 is 0 Å². The molecule has 1 N–H and O–H groups in total. The van der Waals surface area contributed by atoms with Gasteiger partial charge in [-0.25, -0.2) is 0 Å². The van der Waals surface area contributed by atoms with Crippen LogP contribution >= 0.6 is 0 Å². The molecule has 1 nitrogen and oxygen atoms in total. The van der Waals surface area contributed by atoms with Gasteiger partial charge in [-0.3, -0.25) is 0 Å². The normalized spacial score (nSPS) is 50.7. The lowest BCUT2D eigenvalue weighted by atomic mass is 9.74. The van der Waals surface area contributed by atoms with Gasteiger partial charge in [0.05, 0.1) is 5.60 Å². The molecule has 2 saturated carbocycles. The molecule has 0 spiro atoms. The van der Waals surface area contributed by atoms with Gasteiger partial charge in [-0.15, -0.1) is 0 Å². The summed E-state index contributed by atoms with van der Waals surface area (Å²) in [5.74, 6) is 1.21. The van der Waals surface area contributed by atoms with E-state index in [2.05, 4.69) is 6.92 Å². The Balaban J connectivity index is 2.16. The molecule has 0 aliphatic heterocycles. The highest BCUT2D eigenvalue weighted by molar-refractivity contribution is 4.98. The molecule has 0 aromatic rings. The van der Waals surface area contributed by atoms with E-state index in [9.17, 15) is 5.11 Å². The van der Waals surface area contributed by atoms with Crippen molar-refractivity contribution in [2.75, 3.05) is 0 Å². The molecule has 1 heteroatoms. The molecule has 2 aliphatic carbocycles. The average Bonchev–Trinajstić information content (AvgIpc) is 2.29. The van der Waals surface area contributed by atoms with Gasteiger partial charge >= 0.3 is 0 Å². The third-order valence-electron chi connectivity index (χ3n) is 3.89. The smallest absolute Gasteiger partial charge is 0.0701 e. The van der Waals surface area contributed by atoms with Gasteiger partial charge in [0, 0.05) is 0 Å². The first-order chi connectivity index (χ1) is 5.23. The van der Waals surface area contributed by atoms with Gasteiger partial charge < -0.3 is 5.11 Å². The van der Waals surface area contributed by atoms with Crippen molar-refractivity contribution in [2.24, 2.45) is 11.8 Å². The van der Waals surface area contributed by atoms with E-state index < -0.39 is 0 Å². The van der Waals surface area contributed by atoms with E-state index in [1.165, 1.54) is 32.1 Å². The predicted molar refractivity (Wildman–Crippen MR) is 45.3 cm³/mol. The number of hydrogen-bond acceptors (Lipinski definition) is 1. The SMILES string of the molecule is CC1CCC2CCCCC12O. The van der Waals surface area contributed by atoms with Gasteiger partial charge in [0.1, 0.15) is 0 Å². The van der Waals surface area contributed by atoms with E-state index in [1.54, 1.807) is 0 Å². The first-order valence-corrected chi connectivity index (χ1v) is 4.96. The van der Waals surface area contributed by atoms with Crippen molar-refractivity contribution < 1.29 is 5.11 Å². The van der Waals surface area contributed by atoms with E-state index in [0.717, 1.165) is 6.42 Å². The number of hydrogen-bond donors (Lipinski definition) is 1. The van der Waals surface area contributed by atoms with Crippen LogP contribution in [0.25, 0.3) is 0 Å². The Morgan fingerprint density at radius 2 is 2.00 bits per heavy atom. The van der Waals surface area contributed by atoms with E-state index >= 15 is 0 Å². The van der Waals surface area contributed by atoms with Crippen molar-refractivity contribution in [1.29, 1.82) is 0 Å². The molecule has 0 saturated heterocycles. The third-order valence-corrected chi connectivity index (χ3v) is 3.89. The van der Waals surface area contributed by atoms with Crippen molar-refractivity contribution in [1.82, 2.24) is 0 Å². The second-order valence-electron chi connectivity index (χ2n) is 4.41. The monoisotopic (exact) mass is 154 g/mol. The standard InChI is InChI=1S/C10H18O/c1-8-5-6-9-4-2-3-7-10(8,9)11/h8-9,11H,2-7H2,1H3. The van der Waals surface area contributed by atoms with E-state index in [4.69, 9.17) is 0 Å². The number of aliphatic hydroxyl groups is 1. The minimum Gasteiger partial charge on any atom is -0.389 e. The Kier molecular flexibility index (Phi) is 1.71. The molecule has 0 aromatic heterocycles. The lowest BCUT2D eigenvalue weighted by Gasteiger charge is -2.37. The van der Waals surface area contributed by atoms with Gasteiger partial charge in [-0.1, -0.05) is 19.8 Å². The molecular formula is C10H18O. The summed E-state index contributed by atoms with van der Waals surface area (Å²) in [5.41, 5.74) is -0.252. The summed E-state index contributed by atoms with van der Waals surface area (Å²) in [5, 5.41) is 10.3. The van der Waals surface area contributed by atoms with Crippen LogP contribution < -0.4 is 0 Å². The Bertz CT molecular complexity index is 153. The van der Waals surface area contributed by atoms with Crippen molar-refractivity contribution in [3.05, 3.63) is 0 Å². The van der Waals surface area contributed by atoms with Crippen LogP contribution in [0, 0.1) is 11.8 Å². The average molecular weight is 154 g/mol. The van der Waals surface area contributed by atoms with Crippen LogP contribution in [0.1, 0.15) is 45.4 Å². The fraction of sp³-hybridized carbons (Fsp3) is 1.00. The van der Waals surface area contributed by atoms with E-state index in [1.807, 2.05) is 0 Å². The van der Waals surface area contributed by atoms with Crippen LogP contribution in [0.4, 0.5) is 0 Å². The molecule has 64 valence electrons. The van der Waals surface area contributed by atoms with Gasteiger partial charge in [0.25, 0.3) is 0 Å². The topological polar surface area (TPSA) is 20.2 Å². The second kappa shape index (κ2) is 2.48. The largest absolute Gasteiger partial charge is 0.389 e. The highest BCUT2D eigenvalue weighted by atomic mass is 16.3. The van der Waals surface area contributed by atoms with Gasteiger partial charge in [0.15, 0.2) is 0 Å².